The monoisotopic (exact) mass is 443 g/mol. The topological polar surface area (TPSA) is 37.4 Å². The summed E-state index contributed by atoms with van der Waals surface area (Å²) in [5.74, 6) is 1.03. The number of carbonyl (C=O) groups is 1. The lowest BCUT2D eigenvalue weighted by molar-refractivity contribution is -0.129. The minimum absolute atomic E-state index is 0.137. The minimum atomic E-state index is -2.42. The van der Waals surface area contributed by atoms with E-state index >= 15 is 0 Å². The van der Waals surface area contributed by atoms with Gasteiger partial charge in [-0.15, -0.1) is 0 Å². The zero-order valence-corrected chi connectivity index (χ0v) is 22.3. The average Bonchev–Trinajstić information content (AvgIpc) is 2.66. The second kappa shape index (κ2) is 18.3. The summed E-state index contributed by atoms with van der Waals surface area (Å²) in [7, 11) is -2.42. The first kappa shape index (κ1) is 29.7. The summed E-state index contributed by atoms with van der Waals surface area (Å²) in [4.78, 5) is 15.1. The Labute approximate surface area is 189 Å². The summed E-state index contributed by atoms with van der Waals surface area (Å²) >= 11 is 0. The normalized spacial score (nSPS) is 12.1. The Morgan fingerprint density at radius 3 is 1.40 bits per heavy atom. The Balaban J connectivity index is 4.83. The molecule has 0 spiro atoms. The lowest BCUT2D eigenvalue weighted by atomic mass is 10.1. The zero-order chi connectivity index (χ0) is 22.8. The minimum Gasteiger partial charge on any atom is -0.342 e. The first-order valence-electron chi connectivity index (χ1n) is 13.1. The molecule has 0 saturated heterocycles. The van der Waals surface area contributed by atoms with E-state index in [4.69, 9.17) is 0 Å². The molecule has 0 rings (SSSR count). The molecule has 0 radical (unpaired) electrons. The molecule has 0 bridgehead atoms. The molecule has 0 fully saturated rings. The van der Waals surface area contributed by atoms with Gasteiger partial charge in [-0.2, -0.15) is 0 Å². The summed E-state index contributed by atoms with van der Waals surface area (Å²) < 4.78 is 13.8. The van der Waals surface area contributed by atoms with Gasteiger partial charge in [-0.25, -0.2) is 0 Å². The maximum atomic E-state index is 13.8. The molecule has 0 unspecified atom stereocenters. The number of rotatable bonds is 20. The zero-order valence-electron chi connectivity index (χ0n) is 21.4. The Kier molecular flexibility index (Phi) is 18.1. The van der Waals surface area contributed by atoms with E-state index in [0.29, 0.717) is 18.0 Å². The first-order valence-corrected chi connectivity index (χ1v) is 15.3. The van der Waals surface area contributed by atoms with Gasteiger partial charge in [0.1, 0.15) is 0 Å². The molecule has 0 aromatic heterocycles. The molecule has 0 aromatic carbocycles. The van der Waals surface area contributed by atoms with E-state index in [1.807, 2.05) is 4.90 Å². The van der Waals surface area contributed by atoms with Crippen LogP contribution in [0.1, 0.15) is 119 Å². The van der Waals surface area contributed by atoms with Crippen LogP contribution >= 0.6 is 7.14 Å². The Morgan fingerprint density at radius 1 is 0.667 bits per heavy atom. The van der Waals surface area contributed by atoms with Crippen molar-refractivity contribution in [2.75, 3.05) is 31.6 Å². The van der Waals surface area contributed by atoms with Crippen molar-refractivity contribution in [2.45, 2.75) is 119 Å². The largest absolute Gasteiger partial charge is 0.342 e. The molecule has 0 heterocycles. The summed E-state index contributed by atoms with van der Waals surface area (Å²) in [6.45, 7) is 14.7. The third kappa shape index (κ3) is 16.4. The smallest absolute Gasteiger partial charge is 0.229 e. The van der Waals surface area contributed by atoms with Gasteiger partial charge < -0.3 is 9.46 Å². The number of hydrogen-bond acceptors (Lipinski definition) is 2. The van der Waals surface area contributed by atoms with Crippen LogP contribution in [0.2, 0.25) is 0 Å². The van der Waals surface area contributed by atoms with E-state index < -0.39 is 7.14 Å². The van der Waals surface area contributed by atoms with Crippen LogP contribution in [0.15, 0.2) is 0 Å². The van der Waals surface area contributed by atoms with Gasteiger partial charge >= 0.3 is 0 Å². The van der Waals surface area contributed by atoms with Crippen LogP contribution in [0.5, 0.6) is 0 Å². The first-order chi connectivity index (χ1) is 14.2. The second-order valence-corrected chi connectivity index (χ2v) is 13.6. The van der Waals surface area contributed by atoms with Gasteiger partial charge in [0.05, 0.1) is 13.3 Å². The fourth-order valence-electron chi connectivity index (χ4n) is 4.14. The van der Waals surface area contributed by atoms with Gasteiger partial charge in [0.25, 0.3) is 0 Å². The molecule has 0 N–H and O–H groups in total. The fourth-order valence-corrected chi connectivity index (χ4v) is 6.97. The van der Waals surface area contributed by atoms with Crippen LogP contribution in [0.3, 0.4) is 0 Å². The highest BCUT2D eigenvalue weighted by atomic mass is 31.2. The van der Waals surface area contributed by atoms with Crippen LogP contribution in [0, 0.1) is 11.8 Å². The van der Waals surface area contributed by atoms with Crippen molar-refractivity contribution in [2.24, 2.45) is 11.8 Å². The van der Waals surface area contributed by atoms with Crippen molar-refractivity contribution in [1.29, 1.82) is 0 Å². The number of unbranched alkanes of at least 4 members (excludes halogenated alkanes) is 10. The molecule has 0 aromatic rings. The van der Waals surface area contributed by atoms with Crippen molar-refractivity contribution in [3.8, 4) is 0 Å². The molecule has 0 aliphatic heterocycles. The Morgan fingerprint density at radius 2 is 1.03 bits per heavy atom. The van der Waals surface area contributed by atoms with Gasteiger partial charge in [0.2, 0.25) is 5.91 Å². The Hall–Kier alpha value is -0.300. The average molecular weight is 444 g/mol. The highest BCUT2D eigenvalue weighted by molar-refractivity contribution is 7.64. The molecule has 0 aliphatic rings. The molecular weight excluding hydrogens is 389 g/mol. The predicted octanol–water partition coefficient (Wildman–Crippen LogP) is 8.21. The van der Waals surface area contributed by atoms with Crippen molar-refractivity contribution in [3.05, 3.63) is 0 Å². The van der Waals surface area contributed by atoms with Crippen LogP contribution in [0.4, 0.5) is 0 Å². The molecule has 30 heavy (non-hydrogen) atoms. The standard InChI is InChI=1S/C26H54NO2P/c1-7-9-11-13-15-17-19-30(29,20-18-16-14-12-10-8-2)23-26(28)27(21-24(3)4)22-25(5)6/h24-25H,7-23H2,1-6H3. The Bertz CT molecular complexity index is 432. The van der Waals surface area contributed by atoms with Gasteiger partial charge in [0.15, 0.2) is 0 Å². The van der Waals surface area contributed by atoms with Crippen molar-refractivity contribution in [3.63, 3.8) is 0 Å². The summed E-state index contributed by atoms with van der Waals surface area (Å²) in [5.41, 5.74) is 0. The predicted molar refractivity (Wildman–Crippen MR) is 135 cm³/mol. The van der Waals surface area contributed by atoms with E-state index in [0.717, 1.165) is 51.1 Å². The van der Waals surface area contributed by atoms with Crippen LogP contribution in [-0.2, 0) is 9.36 Å². The molecule has 180 valence electrons. The third-order valence-corrected chi connectivity index (χ3v) is 8.89. The number of amides is 1. The van der Waals surface area contributed by atoms with Gasteiger partial charge in [-0.05, 0) is 24.7 Å². The quantitative estimate of drug-likeness (QED) is 0.140. The number of carbonyl (C=O) groups excluding carboxylic acids is 1. The third-order valence-electron chi connectivity index (χ3n) is 5.79. The number of nitrogens with zero attached hydrogens (tertiary/aromatic N) is 1. The molecule has 4 heteroatoms. The summed E-state index contributed by atoms with van der Waals surface area (Å²) in [5, 5.41) is 0. The lowest BCUT2D eigenvalue weighted by Crippen LogP contribution is -2.39. The van der Waals surface area contributed by atoms with Crippen LogP contribution < -0.4 is 0 Å². The van der Waals surface area contributed by atoms with Gasteiger partial charge in [0, 0.05) is 25.4 Å². The van der Waals surface area contributed by atoms with E-state index in [1.165, 1.54) is 51.4 Å². The van der Waals surface area contributed by atoms with E-state index in [9.17, 15) is 9.36 Å². The highest BCUT2D eigenvalue weighted by Crippen LogP contribution is 2.47. The van der Waals surface area contributed by atoms with Gasteiger partial charge in [-0.1, -0.05) is 106 Å². The SMILES string of the molecule is CCCCCCCCP(=O)(CCCCCCCC)CC(=O)N(CC(C)C)CC(C)C. The van der Waals surface area contributed by atoms with Crippen molar-refractivity contribution in [1.82, 2.24) is 4.90 Å². The molecule has 0 saturated carbocycles. The lowest BCUT2D eigenvalue weighted by Gasteiger charge is -2.28. The van der Waals surface area contributed by atoms with E-state index in [-0.39, 0.29) is 5.91 Å². The molecule has 0 aliphatic carbocycles. The van der Waals surface area contributed by atoms with Gasteiger partial charge in [-0.3, -0.25) is 4.79 Å². The number of hydrogen-bond donors (Lipinski definition) is 0. The fraction of sp³-hybridized carbons (Fsp3) is 0.962. The van der Waals surface area contributed by atoms with E-state index in [1.54, 1.807) is 0 Å². The second-order valence-electron chi connectivity index (χ2n) is 10.3. The summed E-state index contributed by atoms with van der Waals surface area (Å²) in [6.07, 6.45) is 16.4. The van der Waals surface area contributed by atoms with E-state index in [2.05, 4.69) is 41.5 Å². The molecular formula is C26H54NO2P. The molecule has 1 amide bonds. The molecule has 3 nitrogen and oxygen atoms in total. The van der Waals surface area contributed by atoms with Crippen LogP contribution in [0.25, 0.3) is 0 Å². The maximum Gasteiger partial charge on any atom is 0.229 e. The highest BCUT2D eigenvalue weighted by Gasteiger charge is 2.28. The maximum absolute atomic E-state index is 13.8. The summed E-state index contributed by atoms with van der Waals surface area (Å²) in [6, 6.07) is 0. The van der Waals surface area contributed by atoms with Crippen molar-refractivity contribution < 1.29 is 9.36 Å². The van der Waals surface area contributed by atoms with Crippen LogP contribution in [-0.4, -0.2) is 42.4 Å². The molecule has 0 atom stereocenters. The van der Waals surface area contributed by atoms with Crippen molar-refractivity contribution >= 4 is 13.0 Å².